The first-order chi connectivity index (χ1) is 13.1. The summed E-state index contributed by atoms with van der Waals surface area (Å²) in [5.41, 5.74) is 1.85. The first kappa shape index (κ1) is 18.5. The van der Waals surface area contributed by atoms with Crippen LogP contribution in [0, 0.1) is 0 Å². The Balaban J connectivity index is 1.47. The lowest BCUT2D eigenvalue weighted by atomic mass is 10.1. The smallest absolute Gasteiger partial charge is 0.269 e. The van der Waals surface area contributed by atoms with Gasteiger partial charge in [0.25, 0.3) is 5.56 Å². The van der Waals surface area contributed by atoms with E-state index in [2.05, 4.69) is 20.0 Å². The molecule has 0 spiro atoms. The maximum atomic E-state index is 12.7. The van der Waals surface area contributed by atoms with Crippen molar-refractivity contribution < 1.29 is 4.74 Å². The fourth-order valence-corrected chi connectivity index (χ4v) is 4.10. The van der Waals surface area contributed by atoms with Crippen LogP contribution in [0.5, 0.6) is 0 Å². The zero-order valence-electron chi connectivity index (χ0n) is 15.6. The number of aryl methyl sites for hydroxylation is 1. The average molecular weight is 393 g/mol. The van der Waals surface area contributed by atoms with E-state index >= 15 is 0 Å². The number of nitrogens with zero attached hydrogens (tertiary/aromatic N) is 6. The Morgan fingerprint density at radius 3 is 2.74 bits per heavy atom. The topological polar surface area (TPSA) is 68.4 Å². The highest BCUT2D eigenvalue weighted by atomic mass is 35.5. The second-order valence-corrected chi connectivity index (χ2v) is 7.60. The number of piperidine rings is 1. The predicted octanol–water partition coefficient (Wildman–Crippen LogP) is 1.30. The summed E-state index contributed by atoms with van der Waals surface area (Å²) in [4.78, 5) is 17.2. The largest absolute Gasteiger partial charge is 0.378 e. The number of morpholine rings is 1. The van der Waals surface area contributed by atoms with Gasteiger partial charge in [0, 0.05) is 39.3 Å². The van der Waals surface area contributed by atoms with Crippen molar-refractivity contribution in [2.45, 2.75) is 25.4 Å². The highest BCUT2D eigenvalue weighted by molar-refractivity contribution is 6.31. The molecular weight excluding hydrogens is 368 g/mol. The minimum Gasteiger partial charge on any atom is -0.378 e. The van der Waals surface area contributed by atoms with E-state index < -0.39 is 0 Å². The summed E-state index contributed by atoms with van der Waals surface area (Å²) < 4.78 is 8.83. The van der Waals surface area contributed by atoms with Crippen molar-refractivity contribution in [3.05, 3.63) is 39.5 Å². The van der Waals surface area contributed by atoms with Gasteiger partial charge in [0.2, 0.25) is 0 Å². The Hall–Kier alpha value is -1.90. The molecule has 0 amide bonds. The van der Waals surface area contributed by atoms with Crippen molar-refractivity contribution >= 4 is 17.3 Å². The molecule has 9 heteroatoms. The second-order valence-electron chi connectivity index (χ2n) is 7.19. The maximum absolute atomic E-state index is 12.7. The third-order valence-electron chi connectivity index (χ3n) is 5.40. The predicted molar refractivity (Wildman–Crippen MR) is 103 cm³/mol. The number of hydrogen-bond acceptors (Lipinski definition) is 6. The van der Waals surface area contributed by atoms with Crippen LogP contribution in [0.2, 0.25) is 5.02 Å². The molecule has 2 aliphatic heterocycles. The minimum atomic E-state index is -0.0376. The molecular formula is C18H25ClN6O2. The van der Waals surface area contributed by atoms with E-state index in [9.17, 15) is 4.79 Å². The first-order valence-corrected chi connectivity index (χ1v) is 9.80. The SMILES string of the molecule is Cn1ncc(Cl)c1CN1CCCC(n2ncc(N3CCOCC3)cc2=O)C1. The molecule has 0 aliphatic carbocycles. The van der Waals surface area contributed by atoms with Crippen LogP contribution in [0.1, 0.15) is 24.6 Å². The van der Waals surface area contributed by atoms with E-state index in [0.29, 0.717) is 18.2 Å². The molecule has 0 aromatic carbocycles. The van der Waals surface area contributed by atoms with E-state index in [-0.39, 0.29) is 11.6 Å². The monoisotopic (exact) mass is 392 g/mol. The Labute approximate surface area is 163 Å². The van der Waals surface area contributed by atoms with Gasteiger partial charge in [0.15, 0.2) is 0 Å². The number of hydrogen-bond donors (Lipinski definition) is 0. The van der Waals surface area contributed by atoms with Gasteiger partial charge in [-0.15, -0.1) is 0 Å². The number of halogens is 1. The average Bonchev–Trinajstić information content (AvgIpc) is 3.01. The lowest BCUT2D eigenvalue weighted by molar-refractivity contribution is 0.122. The van der Waals surface area contributed by atoms with Crippen molar-refractivity contribution in [2.75, 3.05) is 44.3 Å². The van der Waals surface area contributed by atoms with Crippen molar-refractivity contribution in [2.24, 2.45) is 7.05 Å². The molecule has 8 nitrogen and oxygen atoms in total. The number of anilines is 1. The Bertz CT molecular complexity index is 825. The van der Waals surface area contributed by atoms with Crippen LogP contribution in [0.25, 0.3) is 0 Å². The van der Waals surface area contributed by atoms with Gasteiger partial charge in [-0.3, -0.25) is 14.4 Å². The number of rotatable bonds is 4. The van der Waals surface area contributed by atoms with E-state index in [0.717, 1.165) is 56.9 Å². The van der Waals surface area contributed by atoms with E-state index in [4.69, 9.17) is 16.3 Å². The van der Waals surface area contributed by atoms with Crippen LogP contribution < -0.4 is 10.5 Å². The summed E-state index contributed by atoms with van der Waals surface area (Å²) in [5.74, 6) is 0. The Morgan fingerprint density at radius 1 is 1.22 bits per heavy atom. The van der Waals surface area contributed by atoms with Crippen molar-refractivity contribution in [1.29, 1.82) is 0 Å². The normalized spacial score (nSPS) is 21.6. The quantitative estimate of drug-likeness (QED) is 0.781. The Kier molecular flexibility index (Phi) is 5.47. The van der Waals surface area contributed by atoms with Crippen molar-refractivity contribution in [3.63, 3.8) is 0 Å². The van der Waals surface area contributed by atoms with Gasteiger partial charge in [-0.25, -0.2) is 4.68 Å². The standard InChI is InChI=1S/C18H25ClN6O2/c1-22-17(16(19)11-20-22)13-23-4-2-3-14(12-23)25-18(26)9-15(10-21-25)24-5-7-27-8-6-24/h9-11,14H,2-8,12-13H2,1H3. The third kappa shape index (κ3) is 4.02. The molecule has 0 N–H and O–H groups in total. The minimum absolute atomic E-state index is 0.0376. The van der Waals surface area contributed by atoms with E-state index in [1.54, 1.807) is 16.9 Å². The van der Waals surface area contributed by atoms with Crippen LogP contribution in [-0.4, -0.2) is 63.9 Å². The Morgan fingerprint density at radius 2 is 2.04 bits per heavy atom. The molecule has 2 aromatic heterocycles. The molecule has 4 heterocycles. The van der Waals surface area contributed by atoms with Gasteiger partial charge in [0.05, 0.1) is 48.1 Å². The summed E-state index contributed by atoms with van der Waals surface area (Å²) in [7, 11) is 1.90. The van der Waals surface area contributed by atoms with Crippen LogP contribution in [0.4, 0.5) is 5.69 Å². The van der Waals surface area contributed by atoms with Crippen LogP contribution in [0.3, 0.4) is 0 Å². The molecule has 0 saturated carbocycles. The summed E-state index contributed by atoms with van der Waals surface area (Å²) in [6.07, 6.45) is 5.47. The van der Waals surface area contributed by atoms with Gasteiger partial charge < -0.3 is 9.64 Å². The van der Waals surface area contributed by atoms with E-state index in [1.807, 2.05) is 17.9 Å². The van der Waals surface area contributed by atoms with Crippen LogP contribution in [-0.2, 0) is 18.3 Å². The molecule has 2 aromatic rings. The zero-order chi connectivity index (χ0) is 18.8. The van der Waals surface area contributed by atoms with Gasteiger partial charge >= 0.3 is 0 Å². The molecule has 2 fully saturated rings. The highest BCUT2D eigenvalue weighted by Gasteiger charge is 2.25. The molecule has 0 radical (unpaired) electrons. The number of ether oxygens (including phenoxy) is 1. The number of likely N-dealkylation sites (tertiary alicyclic amines) is 1. The summed E-state index contributed by atoms with van der Waals surface area (Å²) in [6, 6.07) is 1.78. The van der Waals surface area contributed by atoms with Gasteiger partial charge in [-0.05, 0) is 19.4 Å². The molecule has 2 aliphatic rings. The summed E-state index contributed by atoms with van der Waals surface area (Å²) in [6.45, 7) is 5.48. The molecule has 0 bridgehead atoms. The maximum Gasteiger partial charge on any atom is 0.269 e. The van der Waals surface area contributed by atoms with Gasteiger partial charge in [-0.2, -0.15) is 10.2 Å². The molecule has 2 saturated heterocycles. The summed E-state index contributed by atoms with van der Waals surface area (Å²) in [5, 5.41) is 9.38. The van der Waals surface area contributed by atoms with Gasteiger partial charge in [0.1, 0.15) is 0 Å². The first-order valence-electron chi connectivity index (χ1n) is 9.42. The highest BCUT2D eigenvalue weighted by Crippen LogP contribution is 2.24. The zero-order valence-corrected chi connectivity index (χ0v) is 16.3. The molecule has 146 valence electrons. The van der Waals surface area contributed by atoms with Gasteiger partial charge in [-0.1, -0.05) is 11.6 Å². The van der Waals surface area contributed by atoms with Crippen LogP contribution in [0.15, 0.2) is 23.3 Å². The molecule has 4 rings (SSSR count). The second kappa shape index (κ2) is 8.00. The molecule has 1 unspecified atom stereocenters. The lowest BCUT2D eigenvalue weighted by Gasteiger charge is -2.33. The van der Waals surface area contributed by atoms with Crippen LogP contribution >= 0.6 is 11.6 Å². The third-order valence-corrected chi connectivity index (χ3v) is 5.71. The lowest BCUT2D eigenvalue weighted by Crippen LogP contribution is -2.41. The molecule has 1 atom stereocenters. The fraction of sp³-hybridized carbons (Fsp3) is 0.611. The van der Waals surface area contributed by atoms with Crippen molar-refractivity contribution in [1.82, 2.24) is 24.5 Å². The van der Waals surface area contributed by atoms with Crippen molar-refractivity contribution in [3.8, 4) is 0 Å². The fourth-order valence-electron chi connectivity index (χ4n) is 3.88. The summed E-state index contributed by atoms with van der Waals surface area (Å²) >= 11 is 6.24. The molecule has 27 heavy (non-hydrogen) atoms. The van der Waals surface area contributed by atoms with E-state index in [1.165, 1.54) is 0 Å². The number of aromatic nitrogens is 4.